The highest BCUT2D eigenvalue weighted by atomic mass is 16.5. The minimum absolute atomic E-state index is 0.0608. The van der Waals surface area contributed by atoms with E-state index in [9.17, 15) is 19.5 Å². The smallest absolute Gasteiger partial charge is 0.246 e. The van der Waals surface area contributed by atoms with E-state index in [1.165, 1.54) is 31.7 Å². The van der Waals surface area contributed by atoms with Crippen LogP contribution in [0.15, 0.2) is 96.2 Å². The summed E-state index contributed by atoms with van der Waals surface area (Å²) in [5.41, 5.74) is 3.88. The van der Waals surface area contributed by atoms with Gasteiger partial charge in [-0.05, 0) is 56.6 Å². The van der Waals surface area contributed by atoms with Crippen molar-refractivity contribution in [3.8, 4) is 28.4 Å². The maximum Gasteiger partial charge on any atom is 0.246 e. The minimum atomic E-state index is -1.27. The fourth-order valence-electron chi connectivity index (χ4n) is 6.04. The number of nitrogens with one attached hydrogen (secondary N) is 3. The van der Waals surface area contributed by atoms with Crippen molar-refractivity contribution in [1.29, 1.82) is 0 Å². The molecule has 0 saturated carbocycles. The number of imidazole rings is 1. The maximum atomic E-state index is 13.6. The number of aromatic nitrogens is 4. The van der Waals surface area contributed by atoms with E-state index >= 15 is 0 Å². The molecule has 1 unspecified atom stereocenters. The number of nitrogens with zero attached hydrogens (tertiary/aromatic N) is 5. The van der Waals surface area contributed by atoms with Gasteiger partial charge in [-0.1, -0.05) is 18.7 Å². The number of anilines is 3. The normalized spacial score (nSPS) is 15.4. The fraction of sp³-hybridized carbons (Fsp3) is 0.211. The number of ether oxygens (including phenoxy) is 2. The van der Waals surface area contributed by atoms with E-state index in [4.69, 9.17) is 18.9 Å². The Labute approximate surface area is 303 Å². The van der Waals surface area contributed by atoms with Crippen LogP contribution in [0.4, 0.5) is 17.3 Å². The Balaban J connectivity index is 1.25. The van der Waals surface area contributed by atoms with Crippen LogP contribution in [-0.4, -0.2) is 100 Å². The van der Waals surface area contributed by atoms with Gasteiger partial charge in [-0.15, -0.1) is 0 Å². The first kappa shape index (κ1) is 34.7. The molecule has 7 rings (SSSR count). The van der Waals surface area contributed by atoms with Crippen molar-refractivity contribution in [2.24, 2.45) is 0 Å². The largest absolute Gasteiger partial charge is 0.508 e. The number of ketones is 2. The summed E-state index contributed by atoms with van der Waals surface area (Å²) in [5, 5.41) is 17.0. The number of hydrogen-bond acceptors (Lipinski definition) is 13. The van der Waals surface area contributed by atoms with Crippen LogP contribution < -0.4 is 20.3 Å². The second kappa shape index (κ2) is 14.5. The zero-order valence-electron chi connectivity index (χ0n) is 29.1. The lowest BCUT2D eigenvalue weighted by Crippen LogP contribution is -2.57. The van der Waals surface area contributed by atoms with E-state index in [1.54, 1.807) is 24.5 Å². The number of aliphatic hydroxyl groups is 1. The molecular weight excluding hydrogens is 680 g/mol. The summed E-state index contributed by atoms with van der Waals surface area (Å²) in [6.07, 6.45) is 7.14. The molecule has 2 aromatic carbocycles. The number of methoxy groups -OCH3 is 1. The lowest BCUT2D eigenvalue weighted by molar-refractivity contribution is -0.116. The lowest BCUT2D eigenvalue weighted by atomic mass is 10.00. The molecule has 270 valence electrons. The van der Waals surface area contributed by atoms with E-state index in [2.05, 4.69) is 42.0 Å². The number of likely N-dealkylation sites (N-methyl/N-ethyl adjacent to an activating group) is 1. The molecule has 5 aromatic rings. The number of aromatic amines is 1. The Hall–Kier alpha value is -6.74. The monoisotopic (exact) mass is 716 g/mol. The topological polar surface area (TPSA) is 188 Å². The average molecular weight is 717 g/mol. The Morgan fingerprint density at radius 1 is 1.15 bits per heavy atom. The molecule has 1 saturated heterocycles. The number of carbonyl (C=O) groups excluding carboxylic acids is 3. The second-order valence-electron chi connectivity index (χ2n) is 12.6. The van der Waals surface area contributed by atoms with Gasteiger partial charge in [0, 0.05) is 47.9 Å². The highest BCUT2D eigenvalue weighted by Crippen LogP contribution is 2.38. The fourth-order valence-corrected chi connectivity index (χ4v) is 6.04. The number of allylic oxidation sites excluding steroid dienone is 2. The summed E-state index contributed by atoms with van der Waals surface area (Å²) in [6, 6.07) is 12.8. The van der Waals surface area contributed by atoms with E-state index in [-0.39, 0.29) is 29.9 Å². The Morgan fingerprint density at radius 3 is 2.74 bits per heavy atom. The summed E-state index contributed by atoms with van der Waals surface area (Å²) < 4.78 is 16.8. The van der Waals surface area contributed by atoms with Gasteiger partial charge in [0.15, 0.2) is 11.6 Å². The van der Waals surface area contributed by atoms with Gasteiger partial charge in [-0.25, -0.2) is 15.0 Å². The predicted octanol–water partition coefficient (Wildman–Crippen LogP) is 4.80. The number of rotatable bonds is 13. The predicted molar refractivity (Wildman–Crippen MR) is 197 cm³/mol. The quantitative estimate of drug-likeness (QED) is 0.0962. The molecule has 4 N–H and O–H groups in total. The van der Waals surface area contributed by atoms with Gasteiger partial charge < -0.3 is 44.4 Å². The molecule has 1 fully saturated rings. The van der Waals surface area contributed by atoms with Crippen LogP contribution in [-0.2, 0) is 9.53 Å². The number of benzene rings is 2. The van der Waals surface area contributed by atoms with Crippen LogP contribution in [0, 0.1) is 0 Å². The molecule has 0 spiro atoms. The number of aliphatic hydroxyl groups excluding tert-OH is 1. The average Bonchev–Trinajstić information content (AvgIpc) is 3.81. The first-order chi connectivity index (χ1) is 25.6. The highest BCUT2D eigenvalue weighted by Gasteiger charge is 2.33. The van der Waals surface area contributed by atoms with Gasteiger partial charge in [-0.2, -0.15) is 0 Å². The van der Waals surface area contributed by atoms with Gasteiger partial charge in [0.05, 0.1) is 54.6 Å². The number of hydrogen-bond donors (Lipinski definition) is 4. The summed E-state index contributed by atoms with van der Waals surface area (Å²) in [6.45, 7) is 4.64. The van der Waals surface area contributed by atoms with Crippen LogP contribution in [0.3, 0.4) is 0 Å². The molecule has 0 aliphatic carbocycles. The molecule has 53 heavy (non-hydrogen) atoms. The molecule has 0 radical (unpaired) electrons. The van der Waals surface area contributed by atoms with Gasteiger partial charge in [0.2, 0.25) is 23.7 Å². The molecular formula is C38H36N8O7. The third kappa shape index (κ3) is 6.97. The molecule has 5 heterocycles. The van der Waals surface area contributed by atoms with Crippen LogP contribution in [0.25, 0.3) is 33.6 Å². The molecule has 3 aromatic heterocycles. The van der Waals surface area contributed by atoms with Crippen LogP contribution in [0.5, 0.6) is 5.75 Å². The summed E-state index contributed by atoms with van der Waals surface area (Å²) in [4.78, 5) is 60.1. The van der Waals surface area contributed by atoms with Gasteiger partial charge >= 0.3 is 0 Å². The molecule has 15 heteroatoms. The standard InChI is InChI=1S/C38H36N8O7/c1-5-32(49)40-18-29(48)24-16-26(31(51-4)17-27(24)46-19-23(20-46)45(2)3)42-38-39-12-10-25(41-38)34-33(22-9-8-21-11-14-52-30(21)15-22)43-37(44-34)35(50)36-28(47)7-6-13-53-36/h5-17,23,36,47H,1,18-20H2,2-4H3,(H,40,49)(H,43,44)(H,39,41,42). The van der Waals surface area contributed by atoms with Crippen molar-refractivity contribution in [2.75, 3.05) is 51.1 Å². The first-order valence-corrected chi connectivity index (χ1v) is 16.6. The van der Waals surface area contributed by atoms with Crippen molar-refractivity contribution < 1.29 is 33.4 Å². The minimum Gasteiger partial charge on any atom is -0.508 e. The lowest BCUT2D eigenvalue weighted by Gasteiger charge is -2.45. The van der Waals surface area contributed by atoms with Crippen LogP contribution >= 0.6 is 0 Å². The van der Waals surface area contributed by atoms with Gasteiger partial charge in [0.25, 0.3) is 0 Å². The summed E-state index contributed by atoms with van der Waals surface area (Å²) in [5.74, 6) is -1.09. The molecule has 0 bridgehead atoms. The number of H-pyrrole nitrogens is 1. The number of carbonyl (C=O) groups is 3. The molecule has 1 atom stereocenters. The van der Waals surface area contributed by atoms with Gasteiger partial charge in [-0.3, -0.25) is 14.4 Å². The van der Waals surface area contributed by atoms with Crippen molar-refractivity contribution in [3.63, 3.8) is 0 Å². The molecule has 15 nitrogen and oxygen atoms in total. The van der Waals surface area contributed by atoms with Gasteiger partial charge in [0.1, 0.15) is 17.1 Å². The van der Waals surface area contributed by atoms with Crippen molar-refractivity contribution >= 4 is 45.8 Å². The SMILES string of the molecule is C=CC(=O)NCC(=O)c1cc(Nc2nccc(-c3[nH]c(C(=O)C4OC=CC=C4O)nc3-c3ccc4ccoc4c3)n2)c(OC)cc1N1CC(N(C)C)C1. The van der Waals surface area contributed by atoms with E-state index in [0.29, 0.717) is 70.0 Å². The van der Waals surface area contributed by atoms with E-state index < -0.39 is 17.8 Å². The van der Waals surface area contributed by atoms with Crippen LogP contribution in [0.2, 0.25) is 0 Å². The highest BCUT2D eigenvalue weighted by molar-refractivity contribution is 6.06. The van der Waals surface area contributed by atoms with Crippen molar-refractivity contribution in [3.05, 3.63) is 103 Å². The summed E-state index contributed by atoms with van der Waals surface area (Å²) in [7, 11) is 5.54. The Bertz CT molecular complexity index is 2300. The number of fused-ring (bicyclic) bond motifs is 1. The maximum absolute atomic E-state index is 13.6. The zero-order valence-corrected chi connectivity index (χ0v) is 29.1. The van der Waals surface area contributed by atoms with Crippen LogP contribution in [0.1, 0.15) is 21.0 Å². The number of Topliss-reactive ketones (excluding diaryl/α,β-unsaturated/α-hetero) is 2. The first-order valence-electron chi connectivity index (χ1n) is 16.6. The van der Waals surface area contributed by atoms with E-state index in [1.807, 2.05) is 38.4 Å². The summed E-state index contributed by atoms with van der Waals surface area (Å²) >= 11 is 0. The molecule has 2 aliphatic heterocycles. The number of furan rings is 1. The molecule has 1 amide bonds. The Kier molecular flexibility index (Phi) is 9.48. The third-order valence-corrected chi connectivity index (χ3v) is 9.05. The number of amides is 1. The van der Waals surface area contributed by atoms with Crippen molar-refractivity contribution in [1.82, 2.24) is 30.2 Å². The second-order valence-corrected chi connectivity index (χ2v) is 12.6. The van der Waals surface area contributed by atoms with E-state index in [0.717, 1.165) is 11.5 Å². The Morgan fingerprint density at radius 2 is 1.98 bits per heavy atom. The molecule has 2 aliphatic rings. The zero-order chi connectivity index (χ0) is 37.2. The van der Waals surface area contributed by atoms with Crippen molar-refractivity contribution in [2.45, 2.75) is 12.1 Å². The third-order valence-electron chi connectivity index (χ3n) is 9.05.